The zero-order valence-electron chi connectivity index (χ0n) is 8.87. The molecule has 0 aliphatic heterocycles. The first-order valence-electron chi connectivity index (χ1n) is 5.27. The predicted molar refractivity (Wildman–Crippen MR) is 71.4 cm³/mol. The van der Waals surface area contributed by atoms with Gasteiger partial charge in [-0.2, -0.15) is 0 Å². The maximum Gasteiger partial charge on any atom is 0.132 e. The fraction of sp³-hybridized carbons (Fsp3) is 0. The number of aromatic amines is 1. The van der Waals surface area contributed by atoms with E-state index in [1.807, 2.05) is 36.4 Å². The van der Waals surface area contributed by atoms with Gasteiger partial charge in [0.1, 0.15) is 5.82 Å². The van der Waals surface area contributed by atoms with Crippen LogP contribution in [0.5, 0.6) is 0 Å². The number of hydrogen-bond acceptors (Lipinski definition) is 0. The summed E-state index contributed by atoms with van der Waals surface area (Å²) in [5, 5.41) is 0.630. The molecule has 1 N–H and O–H groups in total. The Labute approximate surface area is 106 Å². The molecule has 0 radical (unpaired) electrons. The minimum absolute atomic E-state index is 0.192. The molecular formula is C14H9BrFN. The van der Waals surface area contributed by atoms with Gasteiger partial charge in [-0.1, -0.05) is 34.1 Å². The quantitative estimate of drug-likeness (QED) is 0.666. The minimum atomic E-state index is -0.192. The lowest BCUT2D eigenvalue weighted by Gasteiger charge is -1.97. The molecule has 17 heavy (non-hydrogen) atoms. The van der Waals surface area contributed by atoms with Crippen LogP contribution in [0.15, 0.2) is 53.0 Å². The van der Waals surface area contributed by atoms with Crippen molar-refractivity contribution in [3.05, 3.63) is 58.8 Å². The molecule has 3 heteroatoms. The summed E-state index contributed by atoms with van der Waals surface area (Å²) in [6.45, 7) is 0. The number of rotatable bonds is 1. The lowest BCUT2D eigenvalue weighted by molar-refractivity contribution is 0.640. The van der Waals surface area contributed by atoms with Crippen LogP contribution in [-0.4, -0.2) is 4.98 Å². The third kappa shape index (κ3) is 1.87. The maximum atomic E-state index is 13.6. The summed E-state index contributed by atoms with van der Waals surface area (Å²) in [5.41, 5.74) is 2.80. The Morgan fingerprint density at radius 2 is 1.76 bits per heavy atom. The number of aromatic nitrogens is 1. The Kier molecular flexibility index (Phi) is 2.48. The molecule has 1 aromatic heterocycles. The molecule has 84 valence electrons. The van der Waals surface area contributed by atoms with E-state index in [9.17, 15) is 4.39 Å². The van der Waals surface area contributed by atoms with Gasteiger partial charge in [-0.05, 0) is 35.9 Å². The summed E-state index contributed by atoms with van der Waals surface area (Å²) in [6.07, 6.45) is 0. The molecule has 3 rings (SSSR count). The Morgan fingerprint density at radius 1 is 1.00 bits per heavy atom. The summed E-state index contributed by atoms with van der Waals surface area (Å²) in [4.78, 5) is 3.22. The van der Waals surface area contributed by atoms with Crippen molar-refractivity contribution in [3.63, 3.8) is 0 Å². The molecular weight excluding hydrogens is 281 g/mol. The SMILES string of the molecule is Fc1cccc2[nH]c(-c3ccc(Br)cc3)cc12. The van der Waals surface area contributed by atoms with Crippen LogP contribution in [0.4, 0.5) is 4.39 Å². The number of halogens is 2. The molecule has 0 unspecified atom stereocenters. The lowest BCUT2D eigenvalue weighted by atomic mass is 10.1. The number of nitrogens with one attached hydrogen (secondary N) is 1. The van der Waals surface area contributed by atoms with Crippen molar-refractivity contribution in [2.24, 2.45) is 0 Å². The minimum Gasteiger partial charge on any atom is -0.354 e. The molecule has 0 bridgehead atoms. The van der Waals surface area contributed by atoms with E-state index in [2.05, 4.69) is 20.9 Å². The molecule has 0 aliphatic rings. The molecule has 0 aliphatic carbocycles. The fourth-order valence-electron chi connectivity index (χ4n) is 1.90. The monoisotopic (exact) mass is 289 g/mol. The topological polar surface area (TPSA) is 15.8 Å². The van der Waals surface area contributed by atoms with E-state index >= 15 is 0 Å². The van der Waals surface area contributed by atoms with E-state index in [1.54, 1.807) is 6.07 Å². The summed E-state index contributed by atoms with van der Waals surface area (Å²) >= 11 is 3.39. The molecule has 0 saturated carbocycles. The highest BCUT2D eigenvalue weighted by molar-refractivity contribution is 9.10. The van der Waals surface area contributed by atoms with Gasteiger partial charge in [0.05, 0.1) is 0 Å². The van der Waals surface area contributed by atoms with E-state index in [0.29, 0.717) is 5.39 Å². The second-order valence-corrected chi connectivity index (χ2v) is 4.81. The summed E-state index contributed by atoms with van der Waals surface area (Å²) in [7, 11) is 0. The van der Waals surface area contributed by atoms with Crippen LogP contribution in [0, 0.1) is 5.82 Å². The van der Waals surface area contributed by atoms with E-state index in [-0.39, 0.29) is 5.82 Å². The van der Waals surface area contributed by atoms with Gasteiger partial charge in [-0.3, -0.25) is 0 Å². The van der Waals surface area contributed by atoms with E-state index in [1.165, 1.54) is 6.07 Å². The molecule has 1 nitrogen and oxygen atoms in total. The standard InChI is InChI=1S/C14H9BrFN/c15-10-6-4-9(5-7-10)14-8-11-12(16)2-1-3-13(11)17-14/h1-8,17H. The van der Waals surface area contributed by atoms with Gasteiger partial charge < -0.3 is 4.98 Å². The molecule has 0 atom stereocenters. The van der Waals surface area contributed by atoms with Crippen molar-refractivity contribution in [3.8, 4) is 11.3 Å². The second kappa shape index (κ2) is 4.00. The van der Waals surface area contributed by atoms with Gasteiger partial charge in [-0.25, -0.2) is 4.39 Å². The Hall–Kier alpha value is -1.61. The van der Waals surface area contributed by atoms with Crippen LogP contribution < -0.4 is 0 Å². The Morgan fingerprint density at radius 3 is 2.47 bits per heavy atom. The largest absolute Gasteiger partial charge is 0.354 e. The van der Waals surface area contributed by atoms with Gasteiger partial charge >= 0.3 is 0 Å². The first-order valence-corrected chi connectivity index (χ1v) is 6.06. The highest BCUT2D eigenvalue weighted by atomic mass is 79.9. The van der Waals surface area contributed by atoms with Crippen LogP contribution in [0.2, 0.25) is 0 Å². The molecule has 2 aromatic carbocycles. The fourth-order valence-corrected chi connectivity index (χ4v) is 2.17. The maximum absolute atomic E-state index is 13.6. The Bertz CT molecular complexity index is 670. The average Bonchev–Trinajstić information content (AvgIpc) is 2.75. The van der Waals surface area contributed by atoms with Gasteiger partial charge in [0, 0.05) is 21.1 Å². The predicted octanol–water partition coefficient (Wildman–Crippen LogP) is 4.74. The van der Waals surface area contributed by atoms with Gasteiger partial charge in [0.15, 0.2) is 0 Å². The summed E-state index contributed by atoms with van der Waals surface area (Å²) in [6, 6.07) is 14.8. The third-order valence-electron chi connectivity index (χ3n) is 2.77. The third-order valence-corrected chi connectivity index (χ3v) is 3.29. The van der Waals surface area contributed by atoms with Crippen molar-refractivity contribution in [2.75, 3.05) is 0 Å². The van der Waals surface area contributed by atoms with Crippen LogP contribution >= 0.6 is 15.9 Å². The molecule has 3 aromatic rings. The molecule has 1 heterocycles. The Balaban J connectivity index is 2.18. The van der Waals surface area contributed by atoms with Crippen molar-refractivity contribution < 1.29 is 4.39 Å². The van der Waals surface area contributed by atoms with E-state index in [4.69, 9.17) is 0 Å². The smallest absolute Gasteiger partial charge is 0.132 e. The van der Waals surface area contributed by atoms with Gasteiger partial charge in [0.2, 0.25) is 0 Å². The van der Waals surface area contributed by atoms with Crippen LogP contribution in [0.25, 0.3) is 22.2 Å². The average molecular weight is 290 g/mol. The van der Waals surface area contributed by atoms with E-state index in [0.717, 1.165) is 21.2 Å². The van der Waals surface area contributed by atoms with Crippen molar-refractivity contribution in [2.45, 2.75) is 0 Å². The summed E-state index contributed by atoms with van der Waals surface area (Å²) in [5.74, 6) is -0.192. The lowest BCUT2D eigenvalue weighted by Crippen LogP contribution is -1.75. The van der Waals surface area contributed by atoms with Crippen LogP contribution in [-0.2, 0) is 0 Å². The van der Waals surface area contributed by atoms with Crippen LogP contribution in [0.1, 0.15) is 0 Å². The summed E-state index contributed by atoms with van der Waals surface area (Å²) < 4.78 is 14.6. The first kappa shape index (κ1) is 10.5. The first-order chi connectivity index (χ1) is 8.24. The zero-order chi connectivity index (χ0) is 11.8. The number of fused-ring (bicyclic) bond motifs is 1. The highest BCUT2D eigenvalue weighted by Gasteiger charge is 2.06. The van der Waals surface area contributed by atoms with Crippen molar-refractivity contribution >= 4 is 26.8 Å². The normalized spacial score (nSPS) is 10.9. The van der Waals surface area contributed by atoms with Crippen molar-refractivity contribution in [1.82, 2.24) is 4.98 Å². The molecule has 0 amide bonds. The zero-order valence-corrected chi connectivity index (χ0v) is 10.5. The molecule has 0 fully saturated rings. The van der Waals surface area contributed by atoms with Gasteiger partial charge in [0.25, 0.3) is 0 Å². The molecule has 0 saturated heterocycles. The number of benzene rings is 2. The van der Waals surface area contributed by atoms with Crippen molar-refractivity contribution in [1.29, 1.82) is 0 Å². The second-order valence-electron chi connectivity index (χ2n) is 3.89. The number of H-pyrrole nitrogens is 1. The molecule has 0 spiro atoms. The highest BCUT2D eigenvalue weighted by Crippen LogP contribution is 2.26. The van der Waals surface area contributed by atoms with E-state index < -0.39 is 0 Å². The van der Waals surface area contributed by atoms with Crippen LogP contribution in [0.3, 0.4) is 0 Å². The van der Waals surface area contributed by atoms with Gasteiger partial charge in [-0.15, -0.1) is 0 Å². The number of hydrogen-bond donors (Lipinski definition) is 1.